The van der Waals surface area contributed by atoms with Gasteiger partial charge in [-0.05, 0) is 44.6 Å². The molecule has 3 atom stereocenters. The van der Waals surface area contributed by atoms with Crippen LogP contribution >= 0.6 is 11.8 Å². The van der Waals surface area contributed by atoms with Gasteiger partial charge in [0.25, 0.3) is 0 Å². The second-order valence-electron chi connectivity index (χ2n) is 5.78. The lowest BCUT2D eigenvalue weighted by Crippen LogP contribution is -2.29. The molecule has 0 spiro atoms. The van der Waals surface area contributed by atoms with Gasteiger partial charge in [0.1, 0.15) is 5.76 Å². The Labute approximate surface area is 130 Å². The average Bonchev–Trinajstić information content (AvgIpc) is 3.12. The van der Waals surface area contributed by atoms with Crippen LogP contribution in [-0.4, -0.2) is 24.7 Å². The van der Waals surface area contributed by atoms with Crippen LogP contribution in [0, 0.1) is 0 Å². The Kier molecular flexibility index (Phi) is 4.45. The largest absolute Gasteiger partial charge is 0.493 e. The summed E-state index contributed by atoms with van der Waals surface area (Å²) < 4.78 is 11.4. The molecule has 1 N–H and O–H groups in total. The number of rotatable bonds is 5. The number of para-hydroxylation sites is 1. The molecular formula is C17H23NO2S. The SMILES string of the molecule is COc1cccc2cc(C(C)NC3CCC(SC)C3)oc12. The van der Waals surface area contributed by atoms with E-state index in [1.165, 1.54) is 19.3 Å². The lowest BCUT2D eigenvalue weighted by Gasteiger charge is -2.17. The lowest BCUT2D eigenvalue weighted by atomic mass is 10.1. The number of hydrogen-bond acceptors (Lipinski definition) is 4. The third kappa shape index (κ3) is 3.06. The van der Waals surface area contributed by atoms with Crippen LogP contribution in [0.1, 0.15) is 38.0 Å². The van der Waals surface area contributed by atoms with Crippen LogP contribution in [0.25, 0.3) is 11.0 Å². The molecule has 4 heteroatoms. The van der Waals surface area contributed by atoms with Gasteiger partial charge in [-0.1, -0.05) is 12.1 Å². The van der Waals surface area contributed by atoms with Crippen LogP contribution in [0.3, 0.4) is 0 Å². The molecule has 21 heavy (non-hydrogen) atoms. The molecule has 2 aromatic rings. The third-order valence-corrected chi connectivity index (χ3v) is 5.47. The monoisotopic (exact) mass is 305 g/mol. The summed E-state index contributed by atoms with van der Waals surface area (Å²) in [6, 6.07) is 8.96. The summed E-state index contributed by atoms with van der Waals surface area (Å²) >= 11 is 1.99. The van der Waals surface area contributed by atoms with E-state index in [0.29, 0.717) is 6.04 Å². The minimum atomic E-state index is 0.229. The van der Waals surface area contributed by atoms with Gasteiger partial charge in [0, 0.05) is 16.7 Å². The van der Waals surface area contributed by atoms with E-state index in [2.05, 4.69) is 30.6 Å². The summed E-state index contributed by atoms with van der Waals surface area (Å²) in [6.45, 7) is 2.18. The number of fused-ring (bicyclic) bond motifs is 1. The van der Waals surface area contributed by atoms with Gasteiger partial charge in [-0.3, -0.25) is 0 Å². The molecule has 0 aliphatic heterocycles. The Morgan fingerprint density at radius 2 is 2.24 bits per heavy atom. The lowest BCUT2D eigenvalue weighted by molar-refractivity contribution is 0.385. The highest BCUT2D eigenvalue weighted by molar-refractivity contribution is 7.99. The Bertz CT molecular complexity index is 610. The van der Waals surface area contributed by atoms with Crippen LogP contribution in [0.2, 0.25) is 0 Å². The zero-order valence-corrected chi connectivity index (χ0v) is 13.7. The van der Waals surface area contributed by atoms with Gasteiger partial charge < -0.3 is 14.5 Å². The topological polar surface area (TPSA) is 34.4 Å². The smallest absolute Gasteiger partial charge is 0.176 e. The van der Waals surface area contributed by atoms with Gasteiger partial charge in [0.05, 0.1) is 13.2 Å². The summed E-state index contributed by atoms with van der Waals surface area (Å²) in [7, 11) is 1.68. The molecule has 1 fully saturated rings. The van der Waals surface area contributed by atoms with Gasteiger partial charge in [-0.25, -0.2) is 0 Å². The van der Waals surface area contributed by atoms with Gasteiger partial charge in [-0.2, -0.15) is 11.8 Å². The molecule has 1 aromatic carbocycles. The van der Waals surface area contributed by atoms with Crippen molar-refractivity contribution in [1.29, 1.82) is 0 Å². The van der Waals surface area contributed by atoms with Crippen LogP contribution < -0.4 is 10.1 Å². The molecule has 0 radical (unpaired) electrons. The number of furan rings is 1. The maximum absolute atomic E-state index is 6.02. The normalized spacial score (nSPS) is 23.6. The molecule has 0 saturated heterocycles. The van der Waals surface area contributed by atoms with E-state index >= 15 is 0 Å². The summed E-state index contributed by atoms with van der Waals surface area (Å²) in [4.78, 5) is 0. The molecule has 1 saturated carbocycles. The van der Waals surface area contributed by atoms with Gasteiger partial charge in [0.15, 0.2) is 11.3 Å². The molecule has 3 unspecified atom stereocenters. The molecule has 114 valence electrons. The van der Waals surface area contributed by atoms with Gasteiger partial charge in [-0.15, -0.1) is 0 Å². The van der Waals surface area contributed by atoms with Crippen LogP contribution in [0.15, 0.2) is 28.7 Å². The molecule has 3 nitrogen and oxygen atoms in total. The van der Waals surface area contributed by atoms with Gasteiger partial charge in [0.2, 0.25) is 0 Å². The summed E-state index contributed by atoms with van der Waals surface area (Å²) in [5.74, 6) is 1.79. The highest BCUT2D eigenvalue weighted by atomic mass is 32.2. The van der Waals surface area contributed by atoms with E-state index in [4.69, 9.17) is 9.15 Å². The number of hydrogen-bond donors (Lipinski definition) is 1. The molecule has 1 aliphatic carbocycles. The van der Waals surface area contributed by atoms with E-state index in [-0.39, 0.29) is 6.04 Å². The zero-order valence-electron chi connectivity index (χ0n) is 12.9. The van der Waals surface area contributed by atoms with Crippen molar-refractivity contribution in [1.82, 2.24) is 5.32 Å². The second kappa shape index (κ2) is 6.32. The first kappa shape index (κ1) is 14.8. The Morgan fingerprint density at radius 3 is 2.95 bits per heavy atom. The van der Waals surface area contributed by atoms with Crippen molar-refractivity contribution >= 4 is 22.7 Å². The Balaban J connectivity index is 1.74. The van der Waals surface area contributed by atoms with Crippen molar-refractivity contribution in [2.75, 3.05) is 13.4 Å². The predicted octanol–water partition coefficient (Wildman–Crippen LogP) is 4.38. The minimum Gasteiger partial charge on any atom is -0.493 e. The first-order chi connectivity index (χ1) is 10.2. The summed E-state index contributed by atoms with van der Waals surface area (Å²) in [6.07, 6.45) is 6.05. The quantitative estimate of drug-likeness (QED) is 0.889. The molecule has 0 bridgehead atoms. The second-order valence-corrected chi connectivity index (χ2v) is 6.92. The maximum atomic E-state index is 6.02. The highest BCUT2D eigenvalue weighted by Crippen LogP contribution is 2.33. The van der Waals surface area contributed by atoms with Crippen molar-refractivity contribution in [3.8, 4) is 5.75 Å². The fraction of sp³-hybridized carbons (Fsp3) is 0.529. The van der Waals surface area contributed by atoms with Crippen LogP contribution in [0.4, 0.5) is 0 Å². The maximum Gasteiger partial charge on any atom is 0.176 e. The van der Waals surface area contributed by atoms with Crippen molar-refractivity contribution in [2.45, 2.75) is 43.5 Å². The van der Waals surface area contributed by atoms with Crippen LogP contribution in [0.5, 0.6) is 5.75 Å². The van der Waals surface area contributed by atoms with E-state index in [9.17, 15) is 0 Å². The molecular weight excluding hydrogens is 282 g/mol. The number of thioether (sulfide) groups is 1. The third-order valence-electron chi connectivity index (χ3n) is 4.38. The van der Waals surface area contributed by atoms with E-state index in [1.54, 1.807) is 7.11 Å². The highest BCUT2D eigenvalue weighted by Gasteiger charge is 2.26. The molecule has 0 amide bonds. The molecule has 3 rings (SSSR count). The fourth-order valence-electron chi connectivity index (χ4n) is 3.17. The predicted molar refractivity (Wildman–Crippen MR) is 89.3 cm³/mol. The average molecular weight is 305 g/mol. The standard InChI is InChI=1S/C17H23NO2S/c1-11(18-13-7-8-14(10-13)21-3)16-9-12-5-4-6-15(19-2)17(12)20-16/h4-6,9,11,13-14,18H,7-8,10H2,1-3H3. The number of benzene rings is 1. The fourth-order valence-corrected chi connectivity index (χ4v) is 3.97. The Hall–Kier alpha value is -1.13. The van der Waals surface area contributed by atoms with E-state index < -0.39 is 0 Å². The molecule has 1 aromatic heterocycles. The minimum absolute atomic E-state index is 0.229. The number of nitrogens with one attached hydrogen (secondary N) is 1. The molecule has 1 heterocycles. The van der Waals surface area contributed by atoms with Crippen molar-refractivity contribution in [3.63, 3.8) is 0 Å². The Morgan fingerprint density at radius 1 is 1.38 bits per heavy atom. The number of ether oxygens (including phenoxy) is 1. The summed E-state index contributed by atoms with van der Waals surface area (Å²) in [5, 5.41) is 5.62. The van der Waals surface area contributed by atoms with Crippen molar-refractivity contribution in [3.05, 3.63) is 30.0 Å². The first-order valence-electron chi connectivity index (χ1n) is 7.56. The van der Waals surface area contributed by atoms with E-state index in [0.717, 1.165) is 27.7 Å². The zero-order chi connectivity index (χ0) is 14.8. The molecule has 1 aliphatic rings. The van der Waals surface area contributed by atoms with Crippen LogP contribution in [-0.2, 0) is 0 Å². The first-order valence-corrected chi connectivity index (χ1v) is 8.85. The van der Waals surface area contributed by atoms with Crippen molar-refractivity contribution in [2.24, 2.45) is 0 Å². The summed E-state index contributed by atoms with van der Waals surface area (Å²) in [5.41, 5.74) is 0.845. The van der Waals surface area contributed by atoms with Crippen molar-refractivity contribution < 1.29 is 9.15 Å². The number of methoxy groups -OCH3 is 1. The van der Waals surface area contributed by atoms with E-state index in [1.807, 2.05) is 23.9 Å². The van der Waals surface area contributed by atoms with Gasteiger partial charge >= 0.3 is 0 Å².